The molecular formula is C23H27FN6O3. The molecule has 1 aromatic heterocycles. The minimum atomic E-state index is -1.02. The molecule has 1 aliphatic rings. The summed E-state index contributed by atoms with van der Waals surface area (Å²) in [5, 5.41) is 4.75. The van der Waals surface area contributed by atoms with Gasteiger partial charge in [-0.15, -0.1) is 0 Å². The second-order valence-corrected chi connectivity index (χ2v) is 7.93. The highest BCUT2D eigenvalue weighted by molar-refractivity contribution is 6.29. The number of nitrogens with one attached hydrogen (secondary N) is 1. The highest BCUT2D eigenvalue weighted by Crippen LogP contribution is 2.30. The molecule has 0 spiro atoms. The van der Waals surface area contributed by atoms with Crippen LogP contribution in [0, 0.1) is 13.8 Å². The van der Waals surface area contributed by atoms with E-state index >= 15 is 0 Å². The number of furan rings is 1. The summed E-state index contributed by atoms with van der Waals surface area (Å²) in [5.74, 6) is -1.39. The number of carbonyl (C=O) groups excluding carboxylic acids is 2. The van der Waals surface area contributed by atoms with E-state index in [1.807, 2.05) is 32.0 Å². The molecule has 0 aliphatic carbocycles. The van der Waals surface area contributed by atoms with Gasteiger partial charge in [0.25, 0.3) is 5.91 Å². The van der Waals surface area contributed by atoms with Crippen molar-refractivity contribution in [3.8, 4) is 0 Å². The van der Waals surface area contributed by atoms with Crippen molar-refractivity contribution in [3.63, 3.8) is 0 Å². The third-order valence-corrected chi connectivity index (χ3v) is 5.43. The quantitative estimate of drug-likeness (QED) is 0.193. The van der Waals surface area contributed by atoms with Crippen LogP contribution in [0.3, 0.4) is 0 Å². The number of carbonyl (C=O) groups is 2. The molecule has 174 valence electrons. The van der Waals surface area contributed by atoms with Crippen LogP contribution in [0.25, 0.3) is 11.0 Å². The number of fused-ring (bicyclic) bond motifs is 1. The largest absolute Gasteiger partial charge is 0.454 e. The number of allylic oxidation sites excluding steroid dienone is 1. The first-order valence-electron chi connectivity index (χ1n) is 10.3. The number of aliphatic imine (C=N–C) groups is 1. The van der Waals surface area contributed by atoms with E-state index in [2.05, 4.69) is 17.1 Å². The topological polar surface area (TPSA) is 139 Å². The average molecular weight is 455 g/mol. The van der Waals surface area contributed by atoms with E-state index in [-0.39, 0.29) is 18.4 Å². The van der Waals surface area contributed by atoms with Gasteiger partial charge in [0.1, 0.15) is 11.3 Å². The average Bonchev–Trinajstić information content (AvgIpc) is 3.35. The van der Waals surface area contributed by atoms with Gasteiger partial charge >= 0.3 is 0 Å². The number of likely N-dealkylation sites (tertiary alicyclic amines) is 1. The van der Waals surface area contributed by atoms with Crippen molar-refractivity contribution in [1.82, 2.24) is 10.3 Å². The number of benzene rings is 1. The van der Waals surface area contributed by atoms with E-state index in [4.69, 9.17) is 20.9 Å². The molecule has 1 atom stereocenters. The van der Waals surface area contributed by atoms with E-state index in [9.17, 15) is 14.0 Å². The molecule has 9 nitrogen and oxygen atoms in total. The Bertz CT molecular complexity index is 1210. The van der Waals surface area contributed by atoms with Gasteiger partial charge in [-0.25, -0.2) is 9.82 Å². The van der Waals surface area contributed by atoms with E-state index in [1.165, 1.54) is 4.90 Å². The van der Waals surface area contributed by atoms with Gasteiger partial charge in [0.15, 0.2) is 17.4 Å². The molecule has 33 heavy (non-hydrogen) atoms. The van der Waals surface area contributed by atoms with E-state index < -0.39 is 11.7 Å². The Labute approximate surface area is 190 Å². The highest BCUT2D eigenvalue weighted by Gasteiger charge is 2.30. The first-order valence-corrected chi connectivity index (χ1v) is 10.3. The van der Waals surface area contributed by atoms with Gasteiger partial charge in [0.2, 0.25) is 6.41 Å². The van der Waals surface area contributed by atoms with Crippen LogP contribution >= 0.6 is 0 Å². The Balaban J connectivity index is 2.15. The lowest BCUT2D eigenvalue weighted by Crippen LogP contribution is -2.31. The molecule has 1 aromatic carbocycles. The molecule has 2 aromatic rings. The molecule has 1 saturated heterocycles. The molecule has 1 unspecified atom stereocenters. The Morgan fingerprint density at radius 3 is 2.73 bits per heavy atom. The Hall–Kier alpha value is -3.95. The normalized spacial score (nSPS) is 17.8. The van der Waals surface area contributed by atoms with E-state index in [0.717, 1.165) is 16.5 Å². The van der Waals surface area contributed by atoms with Crippen LogP contribution in [0.15, 0.2) is 56.4 Å². The number of amidine groups is 1. The van der Waals surface area contributed by atoms with Crippen LogP contribution in [0.5, 0.6) is 0 Å². The van der Waals surface area contributed by atoms with Crippen molar-refractivity contribution in [2.45, 2.75) is 33.2 Å². The van der Waals surface area contributed by atoms with Crippen LogP contribution in [0.1, 0.15) is 30.2 Å². The predicted octanol–water partition coefficient (Wildman–Crippen LogP) is 2.17. The minimum absolute atomic E-state index is 0.0556. The fourth-order valence-electron chi connectivity index (χ4n) is 3.85. The zero-order valence-electron chi connectivity index (χ0n) is 18.8. The molecule has 5 N–H and O–H groups in total. The maximum atomic E-state index is 13.3. The van der Waals surface area contributed by atoms with Gasteiger partial charge in [-0.05, 0) is 39.3 Å². The number of hydrogen-bond acceptors (Lipinski definition) is 6. The summed E-state index contributed by atoms with van der Waals surface area (Å²) in [6, 6.07) is 5.44. The van der Waals surface area contributed by atoms with E-state index in [0.29, 0.717) is 47.7 Å². The molecule has 2 heterocycles. The van der Waals surface area contributed by atoms with Crippen molar-refractivity contribution < 1.29 is 18.4 Å². The monoisotopic (exact) mass is 454 g/mol. The van der Waals surface area contributed by atoms with Gasteiger partial charge in [-0.3, -0.25) is 14.6 Å². The number of amides is 2. The van der Waals surface area contributed by atoms with Crippen molar-refractivity contribution in [2.24, 2.45) is 21.6 Å². The smallest absolute Gasteiger partial charge is 0.282 e. The van der Waals surface area contributed by atoms with E-state index in [1.54, 1.807) is 6.92 Å². The lowest BCUT2D eigenvalue weighted by Gasteiger charge is -2.16. The highest BCUT2D eigenvalue weighted by atomic mass is 19.1. The second-order valence-electron chi connectivity index (χ2n) is 7.93. The summed E-state index contributed by atoms with van der Waals surface area (Å²) in [6.45, 7) is 9.12. The van der Waals surface area contributed by atoms with Crippen molar-refractivity contribution >= 4 is 34.8 Å². The first kappa shape index (κ1) is 23.7. The molecule has 1 fully saturated rings. The second kappa shape index (κ2) is 9.68. The van der Waals surface area contributed by atoms with Crippen LogP contribution in [0.4, 0.5) is 4.39 Å². The zero-order valence-corrected chi connectivity index (χ0v) is 18.8. The maximum absolute atomic E-state index is 13.3. The van der Waals surface area contributed by atoms with Crippen molar-refractivity contribution in [1.29, 1.82) is 0 Å². The lowest BCUT2D eigenvalue weighted by atomic mass is 10.0. The minimum Gasteiger partial charge on any atom is -0.454 e. The zero-order chi connectivity index (χ0) is 24.3. The third kappa shape index (κ3) is 4.94. The molecule has 10 heteroatoms. The van der Waals surface area contributed by atoms with Gasteiger partial charge in [0, 0.05) is 29.7 Å². The number of hydrogen-bond donors (Lipinski definition) is 3. The number of hydrazone groups is 1. The SMILES string of the molecule is C=C(F)C(=O)N1CCC(N=C(C(=C(C)N)/C(N)=N\NC=O)c2oc3ccc(C)cc3c2C)C1. The number of aryl methyl sites for hydroxylation is 2. The maximum Gasteiger partial charge on any atom is 0.282 e. The summed E-state index contributed by atoms with van der Waals surface area (Å²) in [7, 11) is 0. The summed E-state index contributed by atoms with van der Waals surface area (Å²) >= 11 is 0. The molecule has 2 amide bonds. The number of nitrogens with two attached hydrogens (primary N) is 2. The lowest BCUT2D eigenvalue weighted by molar-refractivity contribution is -0.127. The van der Waals surface area contributed by atoms with Crippen LogP contribution in [0.2, 0.25) is 0 Å². The van der Waals surface area contributed by atoms with Crippen LogP contribution < -0.4 is 16.9 Å². The third-order valence-electron chi connectivity index (χ3n) is 5.43. The summed E-state index contributed by atoms with van der Waals surface area (Å²) in [6.07, 6.45) is 0.883. The Morgan fingerprint density at radius 1 is 1.36 bits per heavy atom. The summed E-state index contributed by atoms with van der Waals surface area (Å²) in [5.41, 5.74) is 18.0. The first-order chi connectivity index (χ1) is 15.6. The van der Waals surface area contributed by atoms with Gasteiger partial charge in [-0.2, -0.15) is 5.10 Å². The number of rotatable bonds is 7. The molecular weight excluding hydrogens is 427 g/mol. The van der Waals surface area contributed by atoms with Gasteiger partial charge < -0.3 is 20.8 Å². The molecule has 0 saturated carbocycles. The Morgan fingerprint density at radius 2 is 2.09 bits per heavy atom. The van der Waals surface area contributed by atoms with Gasteiger partial charge in [-0.1, -0.05) is 18.2 Å². The van der Waals surface area contributed by atoms with Crippen molar-refractivity contribution in [3.05, 3.63) is 58.8 Å². The summed E-state index contributed by atoms with van der Waals surface area (Å²) in [4.78, 5) is 28.9. The molecule has 0 radical (unpaired) electrons. The molecule has 1 aliphatic heterocycles. The number of halogens is 1. The fourth-order valence-corrected chi connectivity index (χ4v) is 3.85. The van der Waals surface area contributed by atoms with Crippen LogP contribution in [-0.2, 0) is 9.59 Å². The summed E-state index contributed by atoms with van der Waals surface area (Å²) < 4.78 is 19.5. The molecule has 0 bridgehead atoms. The predicted molar refractivity (Wildman–Crippen MR) is 125 cm³/mol. The number of nitrogens with zero attached hydrogens (tertiary/aromatic N) is 3. The van der Waals surface area contributed by atoms with Gasteiger partial charge in [0.05, 0.1) is 11.6 Å². The standard InChI is InChI=1S/C23H27FN6O3/c1-12-5-6-18-17(9-12)13(2)21(33-18)20(19(15(4)25)22(26)29-27-11-31)28-16-7-8-30(10-16)23(32)14(3)24/h5-6,9,11,16H,3,7-8,10,25H2,1-2,4H3,(H2,26,29)(H,27,31). The van der Waals surface area contributed by atoms with Crippen molar-refractivity contribution in [2.75, 3.05) is 13.1 Å². The molecule has 3 rings (SSSR count). The van der Waals surface area contributed by atoms with Crippen LogP contribution in [-0.4, -0.2) is 47.9 Å². The fraction of sp³-hybridized carbons (Fsp3) is 0.304. The Kier molecular flexibility index (Phi) is 6.95.